The van der Waals surface area contributed by atoms with Crippen LogP contribution in [0.4, 0.5) is 0 Å². The SMILES string of the molecule is Cc1cc2oc(CN=[N+]=[N-])cc2c2c1C(=O)O[C@@H](C)[C@H](C)/C=C\C(C)[C@H]1OC(C)(C)O[C@H]1CC=C2.Cc1cc2oc(CO)cc2c2c1C(=O)O[C@@H](C)[C@H](C)/C=C\C(C)[C@H]1OC(C)(C)O[C@H]1CC=C2.[3H]C.[3H]C. The van der Waals surface area contributed by atoms with Gasteiger partial charge in [-0.05, 0) is 120 Å². The van der Waals surface area contributed by atoms with Crippen molar-refractivity contribution in [1.82, 2.24) is 0 Å². The van der Waals surface area contributed by atoms with Gasteiger partial charge < -0.3 is 42.4 Å². The molecule has 10 atom stereocenters. The Bertz CT molecular complexity index is 2690. The minimum atomic E-state index is -0.667. The quantitative estimate of drug-likeness (QED) is 0.0677. The third-order valence-electron chi connectivity index (χ3n) is 13.4. The number of esters is 2. The van der Waals surface area contributed by atoms with Gasteiger partial charge in [0.2, 0.25) is 0 Å². The van der Waals surface area contributed by atoms with Crippen LogP contribution in [-0.4, -0.2) is 65.2 Å². The Morgan fingerprint density at radius 3 is 1.47 bits per heavy atom. The summed E-state index contributed by atoms with van der Waals surface area (Å²) in [6.45, 7) is 23.5. The Morgan fingerprint density at radius 2 is 1.06 bits per heavy atom. The molecule has 4 aliphatic heterocycles. The van der Waals surface area contributed by atoms with E-state index in [4.69, 9.17) is 45.5 Å². The number of aliphatic hydroxyl groups is 1. The number of aliphatic hydroxyl groups excluding tert-OH is 1. The van der Waals surface area contributed by atoms with Gasteiger partial charge in [0, 0.05) is 42.1 Å². The third kappa shape index (κ3) is 12.3. The van der Waals surface area contributed by atoms with Crippen LogP contribution >= 0.6 is 0 Å². The van der Waals surface area contributed by atoms with Gasteiger partial charge >= 0.3 is 11.9 Å². The predicted molar refractivity (Wildman–Crippen MR) is 274 cm³/mol. The lowest BCUT2D eigenvalue weighted by molar-refractivity contribution is -0.148. The van der Waals surface area contributed by atoms with Gasteiger partial charge in [0.15, 0.2) is 11.6 Å². The van der Waals surface area contributed by atoms with Crippen molar-refractivity contribution in [3.63, 3.8) is 0 Å². The summed E-state index contributed by atoms with van der Waals surface area (Å²) in [7, 11) is 2.50. The van der Waals surface area contributed by atoms with Crippen LogP contribution in [0.25, 0.3) is 44.5 Å². The van der Waals surface area contributed by atoms with Crippen LogP contribution in [0.15, 0.2) is 74.7 Å². The number of rotatable bonds is 3. The maximum atomic E-state index is 13.4. The molecular weight excluding hydrogens is 891 g/mol. The standard InChI is InChI=1S/C27H33N3O5.C27H34O6.2CH4/c1-15-10-11-16(2)25-22(34-27(5,6)35-25)9-7-8-20-21-13-19(14-29-30-28)33-23(21)12-17(3)24(20)26(31)32-18(15)4;1-15-10-11-16(2)25-22(32-27(5,6)33-25)9-7-8-20-21-13-19(14-28)31-23(21)12-17(3)24(20)26(29)30-18(15)4;;/h7-8,10-13,15-16,18,22,25H,9,14H2,1-6H3;7-8,10-13,15-16,18,22,25,28H,9,14H2,1-6H3;2*1H4/b2*8-7?,11-10-;;/t2*15-,16?,18+,22+,25-;;/m11../s1/i;;2*1T. The second-order valence-corrected chi connectivity index (χ2v) is 19.7. The van der Waals surface area contributed by atoms with Gasteiger partial charge in [0.05, 0.1) is 42.1 Å². The van der Waals surface area contributed by atoms with Crippen molar-refractivity contribution >= 4 is 46.0 Å². The molecule has 14 heteroatoms. The van der Waals surface area contributed by atoms with E-state index in [0.29, 0.717) is 46.7 Å². The number of ether oxygens (including phenoxy) is 6. The lowest BCUT2D eigenvalue weighted by Gasteiger charge is -2.23. The number of aryl methyl sites for hydroxylation is 2. The normalized spacial score (nSPS) is 29.6. The molecule has 4 aliphatic rings. The fourth-order valence-electron chi connectivity index (χ4n) is 9.45. The van der Waals surface area contributed by atoms with Crippen molar-refractivity contribution in [3.05, 3.63) is 116 Å². The van der Waals surface area contributed by atoms with Gasteiger partial charge in [-0.25, -0.2) is 9.59 Å². The van der Waals surface area contributed by atoms with Crippen LogP contribution in [-0.2, 0) is 41.6 Å². The van der Waals surface area contributed by atoms with Crippen molar-refractivity contribution < 1.29 is 54.7 Å². The van der Waals surface area contributed by atoms with E-state index >= 15 is 0 Å². The largest absolute Gasteiger partial charge is 0.461 e. The first kappa shape index (κ1) is 52.4. The molecule has 0 saturated carbocycles. The number of furan rings is 2. The summed E-state index contributed by atoms with van der Waals surface area (Å²) in [5.74, 6) is -0.757. The summed E-state index contributed by atoms with van der Waals surface area (Å²) >= 11 is 0. The van der Waals surface area contributed by atoms with Gasteiger partial charge in [-0.3, -0.25) is 0 Å². The number of carbonyl (C=O) groups excluding carboxylic acids is 2. The number of benzene rings is 2. The van der Waals surface area contributed by atoms with Gasteiger partial charge in [-0.15, -0.1) is 0 Å². The number of carbonyl (C=O) groups is 2. The van der Waals surface area contributed by atoms with E-state index in [2.05, 4.69) is 48.2 Å². The lowest BCUT2D eigenvalue weighted by Crippen LogP contribution is -2.29. The Hall–Kier alpha value is -5.47. The Balaban J connectivity index is 0.000000251. The minimum absolute atomic E-state index is 0.0190. The van der Waals surface area contributed by atoms with Crippen LogP contribution in [0.3, 0.4) is 0 Å². The molecule has 2 fully saturated rings. The summed E-state index contributed by atoms with van der Waals surface area (Å²) in [5.41, 5.74) is 13.9. The van der Waals surface area contributed by atoms with E-state index in [-0.39, 0.29) is 85.4 Å². The molecule has 0 aliphatic carbocycles. The molecule has 380 valence electrons. The molecule has 0 spiro atoms. The van der Waals surface area contributed by atoms with Crippen molar-refractivity contribution in [3.8, 4) is 0 Å². The molecule has 8 rings (SSSR count). The van der Waals surface area contributed by atoms with Crippen LogP contribution in [0.5, 0.6) is 0 Å². The van der Waals surface area contributed by atoms with E-state index in [1.807, 2.05) is 112 Å². The summed E-state index contributed by atoms with van der Waals surface area (Å²) in [6.07, 6.45) is 16.6. The first-order valence-corrected chi connectivity index (χ1v) is 23.8. The van der Waals surface area contributed by atoms with E-state index in [1.54, 1.807) is 6.07 Å². The monoisotopic (exact) mass is 970 g/mol. The van der Waals surface area contributed by atoms with Gasteiger partial charge in [0.25, 0.3) is 0 Å². The molecule has 6 heterocycles. The molecular formula is C56H75N3O11. The highest BCUT2D eigenvalue weighted by Gasteiger charge is 2.44. The number of nitrogens with zero attached hydrogens (tertiary/aromatic N) is 3. The minimum Gasteiger partial charge on any atom is -0.461 e. The number of cyclic esters (lactones) is 2. The van der Waals surface area contributed by atoms with Crippen molar-refractivity contribution in [2.24, 2.45) is 28.8 Å². The fourth-order valence-corrected chi connectivity index (χ4v) is 9.45. The first-order chi connectivity index (χ1) is 34.2. The average Bonchev–Trinajstić information content (AvgIpc) is 4.11. The summed E-state index contributed by atoms with van der Waals surface area (Å²) in [4.78, 5) is 29.5. The second kappa shape index (κ2) is 22.7. The molecule has 0 amide bonds. The number of hydrogen-bond donors (Lipinski definition) is 1. The fraction of sp³-hybridized carbons (Fsp3) is 0.536. The van der Waals surface area contributed by atoms with Gasteiger partial charge in [0.1, 0.15) is 41.5 Å². The molecule has 2 saturated heterocycles. The van der Waals surface area contributed by atoms with E-state index in [1.165, 1.54) is 14.8 Å². The van der Waals surface area contributed by atoms with E-state index in [0.717, 1.165) is 33.0 Å². The highest BCUT2D eigenvalue weighted by atomic mass is 16.8. The lowest BCUT2D eigenvalue weighted by atomic mass is 9.93. The molecule has 2 aromatic carbocycles. The van der Waals surface area contributed by atoms with Crippen LogP contribution in [0, 0.1) is 37.5 Å². The molecule has 4 aromatic rings. The van der Waals surface area contributed by atoms with Gasteiger partial charge in [-0.1, -0.05) is 96.2 Å². The molecule has 0 radical (unpaired) electrons. The van der Waals surface area contributed by atoms with Crippen LogP contribution in [0.2, 0.25) is 0 Å². The molecule has 0 bridgehead atoms. The van der Waals surface area contributed by atoms with E-state index < -0.39 is 11.6 Å². The number of azide groups is 1. The second-order valence-electron chi connectivity index (χ2n) is 19.7. The third-order valence-corrected chi connectivity index (χ3v) is 13.4. The molecule has 70 heavy (non-hydrogen) atoms. The van der Waals surface area contributed by atoms with Crippen LogP contribution in [0.1, 0.15) is 154 Å². The van der Waals surface area contributed by atoms with E-state index in [9.17, 15) is 14.7 Å². The Labute approximate surface area is 416 Å². The molecule has 2 unspecified atom stereocenters. The smallest absolute Gasteiger partial charge is 0.339 e. The topological polar surface area (TPSA) is 185 Å². The molecule has 1 N–H and O–H groups in total. The summed E-state index contributed by atoms with van der Waals surface area (Å²) in [6, 6.07) is 7.26. The maximum Gasteiger partial charge on any atom is 0.339 e. The summed E-state index contributed by atoms with van der Waals surface area (Å²) in [5, 5.41) is 14.7. The van der Waals surface area contributed by atoms with Gasteiger partial charge in [-0.2, -0.15) is 0 Å². The number of fused-ring (bicyclic) bond motifs is 8. The number of hydrogen-bond acceptors (Lipinski definition) is 12. The molecule has 2 aromatic heterocycles. The Morgan fingerprint density at radius 1 is 0.657 bits per heavy atom. The summed E-state index contributed by atoms with van der Waals surface area (Å²) < 4.78 is 59.9. The highest BCUT2D eigenvalue weighted by Crippen LogP contribution is 2.39. The van der Waals surface area contributed by atoms with Crippen LogP contribution < -0.4 is 0 Å². The van der Waals surface area contributed by atoms with Crippen molar-refractivity contribution in [2.75, 3.05) is 0 Å². The zero-order chi connectivity index (χ0) is 53.2. The average molecular weight is 970 g/mol. The highest BCUT2D eigenvalue weighted by molar-refractivity contribution is 6.04. The Kier molecular flexibility index (Phi) is 17.0. The molecule has 14 nitrogen and oxygen atoms in total. The predicted octanol–water partition coefficient (Wildman–Crippen LogP) is 13.7. The zero-order valence-electron chi connectivity index (χ0n) is 45.4. The zero-order valence-corrected chi connectivity index (χ0v) is 43.4. The first-order valence-electron chi connectivity index (χ1n) is 25.8. The maximum absolute atomic E-state index is 13.4. The van der Waals surface area contributed by atoms with Crippen molar-refractivity contribution in [2.45, 2.75) is 172 Å². The van der Waals surface area contributed by atoms with Crippen molar-refractivity contribution in [1.29, 1.82) is 0 Å².